The summed E-state index contributed by atoms with van der Waals surface area (Å²) in [5.41, 5.74) is 0. The molecule has 0 radical (unpaired) electrons. The zero-order valence-corrected chi connectivity index (χ0v) is 10.0. The van der Waals surface area contributed by atoms with Crippen LogP contribution in [0, 0.1) is 0 Å². The van der Waals surface area contributed by atoms with Gasteiger partial charge in [-0.2, -0.15) is 0 Å². The van der Waals surface area contributed by atoms with Gasteiger partial charge in [-0.25, -0.2) is 8.42 Å². The van der Waals surface area contributed by atoms with Crippen LogP contribution in [0.2, 0.25) is 0 Å². The van der Waals surface area contributed by atoms with E-state index in [1.165, 1.54) is 0 Å². The van der Waals surface area contributed by atoms with Gasteiger partial charge < -0.3 is 14.1 Å². The number of hydrogen-bond donors (Lipinski definition) is 1. The van der Waals surface area contributed by atoms with E-state index in [4.69, 9.17) is 5.11 Å². The highest BCUT2D eigenvalue weighted by Gasteiger charge is 2.09. The lowest BCUT2D eigenvalue weighted by Crippen LogP contribution is -2.40. The Morgan fingerprint density at radius 1 is 1.43 bits per heavy atom. The molecular weight excluding hydrogens is 210 g/mol. The minimum absolute atomic E-state index is 0.185. The molecule has 14 heavy (non-hydrogen) atoms. The van der Waals surface area contributed by atoms with Crippen LogP contribution in [0.1, 0.15) is 6.92 Å². The average Bonchev–Trinajstić information content (AvgIpc) is 1.81. The van der Waals surface area contributed by atoms with Crippen LogP contribution in [-0.2, 0) is 14.6 Å². The summed E-state index contributed by atoms with van der Waals surface area (Å²) in [6, 6.07) is 0. The standard InChI is InChI=1S/C6H16NO.CH4O4S/c1-6(8)5-7(2,3)4;1-5-6(2,3)4/h6,8H,5H2,1-4H3;1H3,(H,2,3,4)/q+1;/p-1. The third kappa shape index (κ3) is 22.6. The fourth-order valence-corrected chi connectivity index (χ4v) is 0.793. The van der Waals surface area contributed by atoms with Crippen LogP contribution >= 0.6 is 0 Å². The summed E-state index contributed by atoms with van der Waals surface area (Å²) >= 11 is 0. The van der Waals surface area contributed by atoms with E-state index >= 15 is 0 Å². The van der Waals surface area contributed by atoms with Crippen LogP contribution in [0.3, 0.4) is 0 Å². The van der Waals surface area contributed by atoms with Crippen LogP contribution < -0.4 is 0 Å². The summed E-state index contributed by atoms with van der Waals surface area (Å²) < 4.78 is 31.9. The molecule has 0 rings (SSSR count). The van der Waals surface area contributed by atoms with Crippen LogP contribution in [-0.4, -0.2) is 63.5 Å². The zero-order chi connectivity index (χ0) is 12.0. The topological polar surface area (TPSA) is 86.7 Å². The van der Waals surface area contributed by atoms with Gasteiger partial charge in [0.1, 0.15) is 12.6 Å². The second kappa shape index (κ2) is 6.31. The first-order valence-corrected chi connectivity index (χ1v) is 5.31. The third-order valence-electron chi connectivity index (χ3n) is 1.02. The SMILES string of the molecule is CC(O)C[N+](C)(C)C.COS(=O)(=O)[O-]. The molecule has 1 N–H and O–H groups in total. The summed E-state index contributed by atoms with van der Waals surface area (Å²) in [5.74, 6) is 0. The fourth-order valence-electron chi connectivity index (χ4n) is 0.793. The van der Waals surface area contributed by atoms with Crippen LogP contribution in [0.5, 0.6) is 0 Å². The molecule has 0 heterocycles. The van der Waals surface area contributed by atoms with Crippen molar-refractivity contribution < 1.29 is 26.7 Å². The van der Waals surface area contributed by atoms with Crippen molar-refractivity contribution in [2.75, 3.05) is 34.8 Å². The normalized spacial score (nSPS) is 14.2. The first-order chi connectivity index (χ1) is 5.98. The highest BCUT2D eigenvalue weighted by Crippen LogP contribution is 1.92. The van der Waals surface area contributed by atoms with E-state index in [2.05, 4.69) is 25.3 Å². The molecule has 0 aliphatic heterocycles. The Labute approximate surface area is 85.6 Å². The van der Waals surface area contributed by atoms with E-state index in [1.54, 1.807) is 0 Å². The Hall–Kier alpha value is -0.210. The lowest BCUT2D eigenvalue weighted by atomic mass is 10.3. The summed E-state index contributed by atoms with van der Waals surface area (Å²) in [6.45, 7) is 2.63. The Bertz CT molecular complexity index is 229. The van der Waals surface area contributed by atoms with Gasteiger partial charge in [-0.15, -0.1) is 0 Å². The van der Waals surface area contributed by atoms with Crippen LogP contribution in [0.15, 0.2) is 0 Å². The largest absolute Gasteiger partial charge is 0.726 e. The predicted octanol–water partition coefficient (Wildman–Crippen LogP) is -0.834. The highest BCUT2D eigenvalue weighted by atomic mass is 32.3. The Morgan fingerprint density at radius 3 is 1.71 bits per heavy atom. The van der Waals surface area contributed by atoms with Crippen molar-refractivity contribution in [3.63, 3.8) is 0 Å². The van der Waals surface area contributed by atoms with E-state index < -0.39 is 10.4 Å². The number of quaternary nitrogens is 1. The number of rotatable bonds is 3. The fraction of sp³-hybridized carbons (Fsp3) is 1.00. The summed E-state index contributed by atoms with van der Waals surface area (Å²) in [4.78, 5) is 0. The molecule has 0 aromatic carbocycles. The smallest absolute Gasteiger partial charge is 0.217 e. The van der Waals surface area contributed by atoms with Gasteiger partial charge in [0, 0.05) is 0 Å². The molecule has 1 atom stereocenters. The van der Waals surface area contributed by atoms with Gasteiger partial charge >= 0.3 is 0 Å². The summed E-state index contributed by atoms with van der Waals surface area (Å²) in [5, 5.41) is 8.87. The van der Waals surface area contributed by atoms with Crippen molar-refractivity contribution >= 4 is 10.4 Å². The van der Waals surface area contributed by atoms with Gasteiger partial charge in [0.05, 0.1) is 28.3 Å². The first-order valence-electron chi connectivity index (χ1n) is 3.98. The number of aliphatic hydroxyl groups excluding tert-OH is 1. The number of hydrogen-bond acceptors (Lipinski definition) is 5. The monoisotopic (exact) mass is 229 g/mol. The quantitative estimate of drug-likeness (QED) is 0.387. The summed E-state index contributed by atoms with van der Waals surface area (Å²) in [6.07, 6.45) is -0.185. The van der Waals surface area contributed by atoms with Crippen molar-refractivity contribution in [3.8, 4) is 0 Å². The van der Waals surface area contributed by atoms with Crippen molar-refractivity contribution in [2.45, 2.75) is 13.0 Å². The lowest BCUT2D eigenvalue weighted by molar-refractivity contribution is -0.873. The number of aliphatic hydroxyl groups is 1. The molecule has 7 heteroatoms. The van der Waals surface area contributed by atoms with Crippen molar-refractivity contribution in [1.82, 2.24) is 0 Å². The van der Waals surface area contributed by atoms with E-state index in [9.17, 15) is 13.0 Å². The molecule has 0 aliphatic carbocycles. The van der Waals surface area contributed by atoms with E-state index in [0.29, 0.717) is 0 Å². The molecular formula is C7H19NO5S. The molecule has 0 spiro atoms. The number of nitrogens with zero attached hydrogens (tertiary/aromatic N) is 1. The van der Waals surface area contributed by atoms with Gasteiger partial charge in [0.15, 0.2) is 0 Å². The van der Waals surface area contributed by atoms with Gasteiger partial charge in [-0.3, -0.25) is 4.18 Å². The minimum Gasteiger partial charge on any atom is -0.726 e. The molecule has 88 valence electrons. The zero-order valence-electron chi connectivity index (χ0n) is 9.22. The van der Waals surface area contributed by atoms with E-state index in [-0.39, 0.29) is 6.10 Å². The van der Waals surface area contributed by atoms with Gasteiger partial charge in [-0.1, -0.05) is 0 Å². The number of likely N-dealkylation sites (N-methyl/N-ethyl adjacent to an activating group) is 1. The minimum atomic E-state index is -4.41. The van der Waals surface area contributed by atoms with Gasteiger partial charge in [0.25, 0.3) is 0 Å². The van der Waals surface area contributed by atoms with E-state index in [0.717, 1.165) is 18.1 Å². The molecule has 0 aliphatic rings. The molecule has 0 saturated heterocycles. The maximum Gasteiger partial charge on any atom is 0.217 e. The first kappa shape index (κ1) is 16.2. The highest BCUT2D eigenvalue weighted by molar-refractivity contribution is 7.80. The van der Waals surface area contributed by atoms with Crippen molar-refractivity contribution in [3.05, 3.63) is 0 Å². The Balaban J connectivity index is 0. The van der Waals surface area contributed by atoms with Crippen molar-refractivity contribution in [2.24, 2.45) is 0 Å². The van der Waals surface area contributed by atoms with Crippen molar-refractivity contribution in [1.29, 1.82) is 0 Å². The lowest BCUT2D eigenvalue weighted by Gasteiger charge is -2.24. The maximum atomic E-state index is 9.22. The molecule has 0 aromatic heterocycles. The van der Waals surface area contributed by atoms with Gasteiger partial charge in [-0.05, 0) is 6.92 Å². The molecule has 0 amide bonds. The molecule has 0 aromatic rings. The molecule has 0 saturated carbocycles. The third-order valence-corrected chi connectivity index (χ3v) is 1.42. The molecule has 6 nitrogen and oxygen atoms in total. The summed E-state index contributed by atoms with van der Waals surface area (Å²) in [7, 11) is 2.58. The maximum absolute atomic E-state index is 9.22. The predicted molar refractivity (Wildman–Crippen MR) is 51.3 cm³/mol. The van der Waals surface area contributed by atoms with E-state index in [1.807, 2.05) is 6.92 Å². The molecule has 0 bridgehead atoms. The van der Waals surface area contributed by atoms with Crippen LogP contribution in [0.25, 0.3) is 0 Å². The second-order valence-electron chi connectivity index (χ2n) is 3.90. The van der Waals surface area contributed by atoms with Crippen LogP contribution in [0.4, 0.5) is 0 Å². The Morgan fingerprint density at radius 2 is 1.71 bits per heavy atom. The molecule has 0 fully saturated rings. The van der Waals surface area contributed by atoms with Gasteiger partial charge in [0.2, 0.25) is 10.4 Å². The second-order valence-corrected chi connectivity index (χ2v) is 5.05. The Kier molecular flexibility index (Phi) is 7.31. The molecule has 1 unspecified atom stereocenters. The average molecular weight is 229 g/mol.